The van der Waals surface area contributed by atoms with Crippen molar-refractivity contribution >= 4 is 5.95 Å². The van der Waals surface area contributed by atoms with Crippen molar-refractivity contribution in [3.63, 3.8) is 0 Å². The average molecular weight is 196 g/mol. The number of hydrogen-bond donors (Lipinski definition) is 2. The summed E-state index contributed by atoms with van der Waals surface area (Å²) in [7, 11) is 1.97. The maximum atomic E-state index is 5.68. The van der Waals surface area contributed by atoms with E-state index in [1.807, 2.05) is 17.8 Å². The minimum atomic E-state index is 0.344. The molecule has 0 aliphatic carbocycles. The van der Waals surface area contributed by atoms with Gasteiger partial charge in [-0.25, -0.2) is 4.98 Å². The van der Waals surface area contributed by atoms with Crippen molar-refractivity contribution in [2.24, 2.45) is 12.8 Å². The second kappa shape index (κ2) is 5.65. The minimum Gasteiger partial charge on any atom is -0.352 e. The Bertz CT molecular complexity index is 256. The standard InChI is InChI=1S/C10H20N4/c1-3-4-5-9(8-11)13-10-12-6-7-14(10)2/h6-7,9H,3-5,8,11H2,1-2H3,(H,12,13). The summed E-state index contributed by atoms with van der Waals surface area (Å²) in [6.45, 7) is 2.85. The fourth-order valence-corrected chi connectivity index (χ4v) is 1.39. The molecule has 0 saturated heterocycles. The Morgan fingerprint density at radius 2 is 2.43 bits per heavy atom. The molecule has 0 saturated carbocycles. The summed E-state index contributed by atoms with van der Waals surface area (Å²) in [5.74, 6) is 0.900. The molecule has 4 heteroatoms. The minimum absolute atomic E-state index is 0.344. The molecule has 0 radical (unpaired) electrons. The van der Waals surface area contributed by atoms with Gasteiger partial charge < -0.3 is 15.6 Å². The number of imidazole rings is 1. The van der Waals surface area contributed by atoms with Gasteiger partial charge in [-0.05, 0) is 6.42 Å². The molecule has 3 N–H and O–H groups in total. The first-order valence-corrected chi connectivity index (χ1v) is 5.21. The molecule has 1 atom stereocenters. The molecule has 0 amide bonds. The van der Waals surface area contributed by atoms with Crippen molar-refractivity contribution in [2.45, 2.75) is 32.2 Å². The van der Waals surface area contributed by atoms with E-state index >= 15 is 0 Å². The van der Waals surface area contributed by atoms with Gasteiger partial charge in [-0.15, -0.1) is 0 Å². The molecule has 14 heavy (non-hydrogen) atoms. The van der Waals surface area contributed by atoms with Crippen molar-refractivity contribution < 1.29 is 0 Å². The van der Waals surface area contributed by atoms with Crippen LogP contribution in [0.1, 0.15) is 26.2 Å². The second-order valence-electron chi connectivity index (χ2n) is 3.58. The number of hydrogen-bond acceptors (Lipinski definition) is 3. The van der Waals surface area contributed by atoms with Crippen LogP contribution in [0.5, 0.6) is 0 Å². The van der Waals surface area contributed by atoms with Gasteiger partial charge in [0.25, 0.3) is 0 Å². The van der Waals surface area contributed by atoms with Crippen LogP contribution in [0.25, 0.3) is 0 Å². The Kier molecular flexibility index (Phi) is 4.46. The first-order chi connectivity index (χ1) is 6.77. The highest BCUT2D eigenvalue weighted by molar-refractivity contribution is 5.27. The predicted molar refractivity (Wildman–Crippen MR) is 59.2 cm³/mol. The highest BCUT2D eigenvalue weighted by Gasteiger charge is 2.07. The SMILES string of the molecule is CCCCC(CN)Nc1nccn1C. The Hall–Kier alpha value is -1.03. The molecule has 0 spiro atoms. The van der Waals surface area contributed by atoms with E-state index in [0.29, 0.717) is 12.6 Å². The zero-order valence-corrected chi connectivity index (χ0v) is 9.03. The van der Waals surface area contributed by atoms with Gasteiger partial charge in [0, 0.05) is 32.0 Å². The van der Waals surface area contributed by atoms with Crippen LogP contribution in [0.3, 0.4) is 0 Å². The number of nitrogens with zero attached hydrogens (tertiary/aromatic N) is 2. The lowest BCUT2D eigenvalue weighted by Gasteiger charge is -2.16. The highest BCUT2D eigenvalue weighted by Crippen LogP contribution is 2.07. The quantitative estimate of drug-likeness (QED) is 0.722. The van der Waals surface area contributed by atoms with E-state index in [2.05, 4.69) is 17.2 Å². The van der Waals surface area contributed by atoms with Gasteiger partial charge in [0.2, 0.25) is 5.95 Å². The number of rotatable bonds is 6. The molecular formula is C10H20N4. The summed E-state index contributed by atoms with van der Waals surface area (Å²) < 4.78 is 1.97. The lowest BCUT2D eigenvalue weighted by molar-refractivity contribution is 0.607. The van der Waals surface area contributed by atoms with E-state index in [9.17, 15) is 0 Å². The predicted octanol–water partition coefficient (Wildman–Crippen LogP) is 1.35. The van der Waals surface area contributed by atoms with Crippen LogP contribution >= 0.6 is 0 Å². The molecule has 0 aliphatic heterocycles. The Morgan fingerprint density at radius 3 is 2.93 bits per heavy atom. The van der Waals surface area contributed by atoms with Crippen LogP contribution in [0, 0.1) is 0 Å². The summed E-state index contributed by atoms with van der Waals surface area (Å²) in [6, 6.07) is 0.344. The van der Waals surface area contributed by atoms with Crippen LogP contribution in [0.2, 0.25) is 0 Å². The van der Waals surface area contributed by atoms with E-state index in [-0.39, 0.29) is 0 Å². The fraction of sp³-hybridized carbons (Fsp3) is 0.700. The highest BCUT2D eigenvalue weighted by atomic mass is 15.2. The summed E-state index contributed by atoms with van der Waals surface area (Å²) >= 11 is 0. The molecule has 80 valence electrons. The first-order valence-electron chi connectivity index (χ1n) is 5.21. The maximum Gasteiger partial charge on any atom is 0.202 e. The average Bonchev–Trinajstić information content (AvgIpc) is 2.59. The number of anilines is 1. The summed E-state index contributed by atoms with van der Waals surface area (Å²) in [5.41, 5.74) is 5.68. The van der Waals surface area contributed by atoms with E-state index < -0.39 is 0 Å². The van der Waals surface area contributed by atoms with Gasteiger partial charge in [0.15, 0.2) is 0 Å². The van der Waals surface area contributed by atoms with Gasteiger partial charge in [-0.1, -0.05) is 19.8 Å². The Labute approximate surface area is 85.5 Å². The topological polar surface area (TPSA) is 55.9 Å². The third kappa shape index (κ3) is 3.03. The third-order valence-corrected chi connectivity index (χ3v) is 2.35. The summed E-state index contributed by atoms with van der Waals surface area (Å²) in [6.07, 6.45) is 7.24. The van der Waals surface area contributed by atoms with Crippen molar-refractivity contribution in [1.29, 1.82) is 0 Å². The van der Waals surface area contributed by atoms with Gasteiger partial charge in [-0.2, -0.15) is 0 Å². The number of nitrogens with one attached hydrogen (secondary N) is 1. The molecule has 0 bridgehead atoms. The molecule has 0 fully saturated rings. The lowest BCUT2D eigenvalue weighted by atomic mass is 10.1. The van der Waals surface area contributed by atoms with E-state index in [4.69, 9.17) is 5.73 Å². The van der Waals surface area contributed by atoms with E-state index in [0.717, 1.165) is 12.4 Å². The molecule has 1 unspecified atom stereocenters. The van der Waals surface area contributed by atoms with Crippen LogP contribution in [0.15, 0.2) is 12.4 Å². The molecule has 0 aliphatic rings. The zero-order chi connectivity index (χ0) is 10.4. The second-order valence-corrected chi connectivity index (χ2v) is 3.58. The molecule has 4 nitrogen and oxygen atoms in total. The molecule has 1 aromatic heterocycles. The molecule has 1 heterocycles. The fourth-order valence-electron chi connectivity index (χ4n) is 1.39. The Balaban J connectivity index is 2.44. The van der Waals surface area contributed by atoms with E-state index in [1.54, 1.807) is 6.20 Å². The largest absolute Gasteiger partial charge is 0.352 e. The van der Waals surface area contributed by atoms with Crippen molar-refractivity contribution in [2.75, 3.05) is 11.9 Å². The van der Waals surface area contributed by atoms with Gasteiger partial charge in [-0.3, -0.25) is 0 Å². The normalized spacial score (nSPS) is 12.8. The van der Waals surface area contributed by atoms with Gasteiger partial charge in [0.1, 0.15) is 0 Å². The van der Waals surface area contributed by atoms with Crippen molar-refractivity contribution in [3.05, 3.63) is 12.4 Å². The van der Waals surface area contributed by atoms with Crippen LogP contribution in [-0.2, 0) is 7.05 Å². The van der Waals surface area contributed by atoms with Gasteiger partial charge in [0.05, 0.1) is 0 Å². The summed E-state index contributed by atoms with van der Waals surface area (Å²) in [5, 5.41) is 3.34. The molecule has 1 rings (SSSR count). The number of nitrogens with two attached hydrogens (primary N) is 1. The van der Waals surface area contributed by atoms with Crippen molar-refractivity contribution in [3.8, 4) is 0 Å². The number of aryl methyl sites for hydroxylation is 1. The molecular weight excluding hydrogens is 176 g/mol. The van der Waals surface area contributed by atoms with Gasteiger partial charge >= 0.3 is 0 Å². The number of aromatic nitrogens is 2. The molecule has 0 aromatic carbocycles. The maximum absolute atomic E-state index is 5.68. The van der Waals surface area contributed by atoms with Crippen LogP contribution in [-0.4, -0.2) is 22.1 Å². The van der Waals surface area contributed by atoms with Crippen LogP contribution < -0.4 is 11.1 Å². The first kappa shape index (κ1) is 11.0. The monoisotopic (exact) mass is 196 g/mol. The summed E-state index contributed by atoms with van der Waals surface area (Å²) in [4.78, 5) is 4.21. The molecule has 1 aromatic rings. The Morgan fingerprint density at radius 1 is 1.64 bits per heavy atom. The zero-order valence-electron chi connectivity index (χ0n) is 9.03. The van der Waals surface area contributed by atoms with Crippen molar-refractivity contribution in [1.82, 2.24) is 9.55 Å². The van der Waals surface area contributed by atoms with Crippen LogP contribution in [0.4, 0.5) is 5.95 Å². The third-order valence-electron chi connectivity index (χ3n) is 2.35. The smallest absolute Gasteiger partial charge is 0.202 e. The number of unbranched alkanes of at least 4 members (excludes halogenated alkanes) is 1. The van der Waals surface area contributed by atoms with E-state index in [1.165, 1.54) is 12.8 Å². The lowest BCUT2D eigenvalue weighted by Crippen LogP contribution is -2.29.